The van der Waals surface area contributed by atoms with E-state index in [-0.39, 0.29) is 17.9 Å². The van der Waals surface area contributed by atoms with Crippen LogP contribution >= 0.6 is 0 Å². The van der Waals surface area contributed by atoms with Crippen LogP contribution in [0, 0.1) is 5.92 Å². The first-order valence-corrected chi connectivity index (χ1v) is 8.22. The van der Waals surface area contributed by atoms with Crippen LogP contribution in [-0.4, -0.2) is 59.9 Å². The van der Waals surface area contributed by atoms with Gasteiger partial charge in [-0.2, -0.15) is 5.10 Å². The summed E-state index contributed by atoms with van der Waals surface area (Å²) in [6.07, 6.45) is 4.64. The van der Waals surface area contributed by atoms with Crippen molar-refractivity contribution < 1.29 is 9.53 Å². The lowest BCUT2D eigenvalue weighted by molar-refractivity contribution is -0.145. The summed E-state index contributed by atoms with van der Waals surface area (Å²) in [5.74, 6) is 1.20. The van der Waals surface area contributed by atoms with Crippen LogP contribution in [0.15, 0.2) is 18.3 Å². The number of carbonyl (C=O) groups excluding carboxylic acids is 1. The number of piperazine rings is 1. The number of hydrogen-bond acceptors (Lipinski definition) is 5. The van der Waals surface area contributed by atoms with E-state index in [4.69, 9.17) is 4.74 Å². The third-order valence-electron chi connectivity index (χ3n) is 4.63. The molecule has 3 heterocycles. The van der Waals surface area contributed by atoms with E-state index in [1.165, 1.54) is 0 Å². The van der Waals surface area contributed by atoms with Gasteiger partial charge in [-0.15, -0.1) is 5.10 Å². The van der Waals surface area contributed by atoms with Crippen molar-refractivity contribution in [3.63, 3.8) is 0 Å². The highest BCUT2D eigenvalue weighted by Gasteiger charge is 2.34. The van der Waals surface area contributed by atoms with Crippen molar-refractivity contribution in [2.75, 3.05) is 37.7 Å². The lowest BCUT2D eigenvalue weighted by Gasteiger charge is -2.39. The number of anilines is 1. The van der Waals surface area contributed by atoms with Gasteiger partial charge in [-0.1, -0.05) is 6.92 Å². The Bertz CT molecular complexity index is 488. The molecule has 120 valence electrons. The molecule has 3 rings (SSSR count). The smallest absolute Gasteiger partial charge is 0.228 e. The second-order valence-electron chi connectivity index (χ2n) is 5.96. The van der Waals surface area contributed by atoms with Crippen LogP contribution in [0.5, 0.6) is 0 Å². The molecule has 0 unspecified atom stereocenters. The van der Waals surface area contributed by atoms with Crippen molar-refractivity contribution in [2.45, 2.75) is 32.3 Å². The van der Waals surface area contributed by atoms with E-state index in [0.29, 0.717) is 0 Å². The summed E-state index contributed by atoms with van der Waals surface area (Å²) >= 11 is 0. The van der Waals surface area contributed by atoms with Gasteiger partial charge in [-0.05, 0) is 31.4 Å². The molecular formula is C16H24N4O2. The maximum Gasteiger partial charge on any atom is 0.228 e. The van der Waals surface area contributed by atoms with Crippen LogP contribution in [0.1, 0.15) is 26.2 Å². The molecule has 2 aliphatic rings. The van der Waals surface area contributed by atoms with Crippen molar-refractivity contribution >= 4 is 11.7 Å². The summed E-state index contributed by atoms with van der Waals surface area (Å²) < 4.78 is 5.77. The van der Waals surface area contributed by atoms with Gasteiger partial charge in [-0.3, -0.25) is 4.79 Å². The second-order valence-corrected chi connectivity index (χ2v) is 5.96. The first-order valence-electron chi connectivity index (χ1n) is 8.22. The molecule has 1 aromatic heterocycles. The average molecular weight is 304 g/mol. The van der Waals surface area contributed by atoms with Crippen LogP contribution in [0.25, 0.3) is 0 Å². The quantitative estimate of drug-likeness (QED) is 0.843. The van der Waals surface area contributed by atoms with Gasteiger partial charge in [-0.25, -0.2) is 0 Å². The zero-order valence-corrected chi connectivity index (χ0v) is 13.1. The summed E-state index contributed by atoms with van der Waals surface area (Å²) in [5, 5.41) is 8.06. The fraction of sp³-hybridized carbons (Fsp3) is 0.688. The van der Waals surface area contributed by atoms with E-state index >= 15 is 0 Å². The highest BCUT2D eigenvalue weighted by atomic mass is 16.5. The van der Waals surface area contributed by atoms with Crippen LogP contribution in [0.3, 0.4) is 0 Å². The van der Waals surface area contributed by atoms with E-state index in [9.17, 15) is 4.79 Å². The van der Waals surface area contributed by atoms with E-state index in [0.717, 1.165) is 57.9 Å². The molecule has 2 saturated heterocycles. The Morgan fingerprint density at radius 2 is 2.18 bits per heavy atom. The maximum absolute atomic E-state index is 12.8. The summed E-state index contributed by atoms with van der Waals surface area (Å²) in [7, 11) is 0. The summed E-state index contributed by atoms with van der Waals surface area (Å²) in [6, 6.07) is 3.86. The van der Waals surface area contributed by atoms with Crippen molar-refractivity contribution in [3.8, 4) is 0 Å². The predicted octanol–water partition coefficient (Wildman–Crippen LogP) is 1.33. The zero-order valence-electron chi connectivity index (χ0n) is 13.1. The van der Waals surface area contributed by atoms with E-state index < -0.39 is 0 Å². The third kappa shape index (κ3) is 3.21. The third-order valence-corrected chi connectivity index (χ3v) is 4.63. The van der Waals surface area contributed by atoms with E-state index in [1.54, 1.807) is 6.20 Å². The Morgan fingerprint density at radius 3 is 2.86 bits per heavy atom. The predicted molar refractivity (Wildman–Crippen MR) is 83.6 cm³/mol. The minimum Gasteiger partial charge on any atom is -0.377 e. The van der Waals surface area contributed by atoms with Gasteiger partial charge in [0.05, 0.1) is 12.0 Å². The molecule has 1 amide bonds. The van der Waals surface area contributed by atoms with Gasteiger partial charge in [0.1, 0.15) is 0 Å². The van der Waals surface area contributed by atoms with Crippen LogP contribution in [0.2, 0.25) is 0 Å². The highest BCUT2D eigenvalue weighted by molar-refractivity contribution is 5.79. The van der Waals surface area contributed by atoms with E-state index in [1.807, 2.05) is 17.0 Å². The summed E-state index contributed by atoms with van der Waals surface area (Å²) in [5.41, 5.74) is 0. The number of amides is 1. The molecule has 2 fully saturated rings. The first-order chi connectivity index (χ1) is 10.8. The molecule has 1 aromatic rings. The Morgan fingerprint density at radius 1 is 1.36 bits per heavy atom. The molecule has 0 aromatic carbocycles. The molecule has 0 saturated carbocycles. The molecule has 6 nitrogen and oxygen atoms in total. The number of rotatable bonds is 3. The minimum absolute atomic E-state index is 0.0433. The zero-order chi connectivity index (χ0) is 15.4. The molecule has 6 heteroatoms. The van der Waals surface area contributed by atoms with Crippen molar-refractivity contribution in [1.29, 1.82) is 0 Å². The van der Waals surface area contributed by atoms with Crippen molar-refractivity contribution in [2.24, 2.45) is 5.92 Å². The standard InChI is InChI=1S/C16H24N4O2/c1-2-14-13(5-4-12-22-14)16(21)20-10-8-19(9-11-20)15-6-3-7-17-18-15/h3,6-7,13-14H,2,4-5,8-12H2,1H3/t13-,14+/m0/s1. The number of ether oxygens (including phenoxy) is 1. The maximum atomic E-state index is 12.8. The Kier molecular flexibility index (Phi) is 4.87. The van der Waals surface area contributed by atoms with Gasteiger partial charge >= 0.3 is 0 Å². The SMILES string of the molecule is CC[C@H]1OCCC[C@@H]1C(=O)N1CCN(c2cccnn2)CC1. The lowest BCUT2D eigenvalue weighted by Crippen LogP contribution is -2.52. The van der Waals surface area contributed by atoms with Crippen molar-refractivity contribution in [3.05, 3.63) is 18.3 Å². The molecule has 0 spiro atoms. The molecule has 22 heavy (non-hydrogen) atoms. The number of aromatic nitrogens is 2. The molecular weight excluding hydrogens is 280 g/mol. The van der Waals surface area contributed by atoms with Gasteiger partial charge in [0.2, 0.25) is 5.91 Å². The Labute approximate surface area is 131 Å². The normalized spacial score (nSPS) is 26.0. The molecule has 2 atom stereocenters. The number of carbonyl (C=O) groups is 1. The Balaban J connectivity index is 1.57. The number of hydrogen-bond donors (Lipinski definition) is 0. The number of nitrogens with zero attached hydrogens (tertiary/aromatic N) is 4. The van der Waals surface area contributed by atoms with Crippen LogP contribution in [0.4, 0.5) is 5.82 Å². The summed E-state index contributed by atoms with van der Waals surface area (Å²) in [4.78, 5) is 16.9. The molecule has 0 bridgehead atoms. The van der Waals surface area contributed by atoms with Crippen LogP contribution in [-0.2, 0) is 9.53 Å². The molecule has 2 aliphatic heterocycles. The van der Waals surface area contributed by atoms with Crippen LogP contribution < -0.4 is 4.90 Å². The van der Waals surface area contributed by atoms with Gasteiger partial charge in [0, 0.05) is 39.0 Å². The topological polar surface area (TPSA) is 58.6 Å². The molecule has 0 aliphatic carbocycles. The Hall–Kier alpha value is -1.69. The first kappa shape index (κ1) is 15.2. The monoisotopic (exact) mass is 304 g/mol. The molecule has 0 N–H and O–H groups in total. The van der Waals surface area contributed by atoms with Gasteiger partial charge < -0.3 is 14.5 Å². The largest absolute Gasteiger partial charge is 0.377 e. The summed E-state index contributed by atoms with van der Waals surface area (Å²) in [6.45, 7) is 6.03. The van der Waals surface area contributed by atoms with Crippen molar-refractivity contribution in [1.82, 2.24) is 15.1 Å². The molecule has 0 radical (unpaired) electrons. The van der Waals surface area contributed by atoms with Gasteiger partial charge in [0.15, 0.2) is 5.82 Å². The second kappa shape index (κ2) is 7.05. The average Bonchev–Trinajstić information content (AvgIpc) is 2.62. The fourth-order valence-electron chi connectivity index (χ4n) is 3.38. The lowest BCUT2D eigenvalue weighted by atomic mass is 9.91. The highest BCUT2D eigenvalue weighted by Crippen LogP contribution is 2.26. The van der Waals surface area contributed by atoms with E-state index in [2.05, 4.69) is 22.0 Å². The minimum atomic E-state index is 0.0433. The van der Waals surface area contributed by atoms with Gasteiger partial charge in [0.25, 0.3) is 0 Å². The fourth-order valence-corrected chi connectivity index (χ4v) is 3.38.